The molecule has 2 heterocycles. The highest BCUT2D eigenvalue weighted by Gasteiger charge is 2.16. The van der Waals surface area contributed by atoms with Crippen molar-refractivity contribution in [3.8, 4) is 0 Å². The lowest BCUT2D eigenvalue weighted by Crippen LogP contribution is -2.38. The number of nitrogens with zero attached hydrogens (tertiary/aromatic N) is 1. The molecule has 0 saturated carbocycles. The van der Waals surface area contributed by atoms with E-state index in [1.54, 1.807) is 6.20 Å². The Balaban J connectivity index is 2.03. The SMILES string of the molecule is C=C/C=c1/cc(C2CC=CC(C)=N2)cc(NC2CCNCC2)/c1=C/N. The van der Waals surface area contributed by atoms with Gasteiger partial charge in [-0.25, -0.2) is 0 Å². The van der Waals surface area contributed by atoms with Crippen LogP contribution in [0.15, 0.2) is 41.9 Å². The maximum Gasteiger partial charge on any atom is 0.0787 e. The van der Waals surface area contributed by atoms with E-state index in [0.717, 1.165) is 54.2 Å². The normalized spacial score (nSPS) is 22.8. The number of rotatable bonds is 4. The molecule has 0 bridgehead atoms. The lowest BCUT2D eigenvalue weighted by molar-refractivity contribution is 0.479. The Morgan fingerprint density at radius 3 is 2.80 bits per heavy atom. The number of allylic oxidation sites excluding steroid dienone is 2. The fourth-order valence-corrected chi connectivity index (χ4v) is 3.57. The third-order valence-corrected chi connectivity index (χ3v) is 4.86. The lowest BCUT2D eigenvalue weighted by Gasteiger charge is -2.26. The Hall–Kier alpha value is -2.33. The first-order chi connectivity index (χ1) is 12.2. The molecule has 1 atom stereocenters. The quantitative estimate of drug-likeness (QED) is 0.788. The molecule has 0 amide bonds. The topological polar surface area (TPSA) is 62.4 Å². The van der Waals surface area contributed by atoms with Crippen molar-refractivity contribution in [2.45, 2.75) is 38.3 Å². The van der Waals surface area contributed by atoms with E-state index in [-0.39, 0.29) is 6.04 Å². The molecule has 0 radical (unpaired) electrons. The van der Waals surface area contributed by atoms with Crippen LogP contribution in [0, 0.1) is 0 Å². The molecule has 2 aliphatic heterocycles. The van der Waals surface area contributed by atoms with Gasteiger partial charge in [-0.3, -0.25) is 4.99 Å². The van der Waals surface area contributed by atoms with E-state index >= 15 is 0 Å². The molecule has 1 unspecified atom stereocenters. The molecule has 2 aliphatic rings. The van der Waals surface area contributed by atoms with Gasteiger partial charge in [0.2, 0.25) is 0 Å². The number of anilines is 1. The second kappa shape index (κ2) is 8.17. The maximum atomic E-state index is 5.97. The molecule has 132 valence electrons. The van der Waals surface area contributed by atoms with Crippen molar-refractivity contribution in [2.24, 2.45) is 10.7 Å². The monoisotopic (exact) mass is 336 g/mol. The molecule has 4 N–H and O–H groups in total. The van der Waals surface area contributed by atoms with Crippen molar-refractivity contribution in [3.05, 3.63) is 52.9 Å². The highest BCUT2D eigenvalue weighted by Crippen LogP contribution is 2.25. The van der Waals surface area contributed by atoms with Gasteiger partial charge in [-0.15, -0.1) is 0 Å². The van der Waals surface area contributed by atoms with E-state index in [1.807, 2.05) is 12.2 Å². The summed E-state index contributed by atoms with van der Waals surface area (Å²) < 4.78 is 0. The van der Waals surface area contributed by atoms with Crippen LogP contribution >= 0.6 is 0 Å². The number of nitrogens with one attached hydrogen (secondary N) is 2. The highest BCUT2D eigenvalue weighted by molar-refractivity contribution is 5.93. The minimum Gasteiger partial charge on any atom is -0.404 e. The molecule has 1 fully saturated rings. The van der Waals surface area contributed by atoms with E-state index in [1.165, 1.54) is 5.56 Å². The number of hydrogen-bond donors (Lipinski definition) is 3. The number of aliphatic imine (C=N–C) groups is 1. The van der Waals surface area contributed by atoms with Crippen molar-refractivity contribution in [2.75, 3.05) is 18.4 Å². The molecule has 3 rings (SSSR count). The number of nitrogens with two attached hydrogens (primary N) is 1. The smallest absolute Gasteiger partial charge is 0.0787 e. The van der Waals surface area contributed by atoms with Gasteiger partial charge in [0.15, 0.2) is 0 Å². The maximum absolute atomic E-state index is 5.97. The summed E-state index contributed by atoms with van der Waals surface area (Å²) in [5, 5.41) is 9.26. The van der Waals surface area contributed by atoms with Gasteiger partial charge < -0.3 is 16.4 Å². The molecule has 0 aromatic heterocycles. The molecule has 1 saturated heterocycles. The Morgan fingerprint density at radius 1 is 1.32 bits per heavy atom. The number of hydrogen-bond acceptors (Lipinski definition) is 4. The van der Waals surface area contributed by atoms with E-state index in [4.69, 9.17) is 10.7 Å². The standard InChI is InChI=1S/C21H28N4/c1-3-5-16-12-17(20-7-4-6-15(2)24-20)13-21(19(16)14-22)25-18-8-10-23-11-9-18/h3-6,12-14,18,20,23,25H,1,7-11,22H2,2H3/b16-5-,19-14+. The lowest BCUT2D eigenvalue weighted by atomic mass is 9.98. The summed E-state index contributed by atoms with van der Waals surface area (Å²) in [7, 11) is 0. The Kier molecular flexibility index (Phi) is 5.71. The molecular weight excluding hydrogens is 308 g/mol. The average molecular weight is 336 g/mol. The van der Waals surface area contributed by atoms with E-state index in [2.05, 4.69) is 48.4 Å². The number of benzene rings is 1. The third kappa shape index (κ3) is 4.20. The molecule has 1 aromatic carbocycles. The van der Waals surface area contributed by atoms with Crippen LogP contribution in [0.25, 0.3) is 12.3 Å². The molecule has 4 nitrogen and oxygen atoms in total. The first-order valence-electron chi connectivity index (χ1n) is 9.08. The van der Waals surface area contributed by atoms with E-state index in [0.29, 0.717) is 6.04 Å². The molecule has 0 spiro atoms. The van der Waals surface area contributed by atoms with Crippen LogP contribution in [0.5, 0.6) is 0 Å². The van der Waals surface area contributed by atoms with Crippen LogP contribution in [0.3, 0.4) is 0 Å². The van der Waals surface area contributed by atoms with Gasteiger partial charge in [0, 0.05) is 28.9 Å². The van der Waals surface area contributed by atoms with Crippen molar-refractivity contribution < 1.29 is 0 Å². The molecule has 4 heteroatoms. The summed E-state index contributed by atoms with van der Waals surface area (Å²) in [6, 6.07) is 5.06. The predicted octanol–water partition coefficient (Wildman–Crippen LogP) is 1.98. The van der Waals surface area contributed by atoms with Gasteiger partial charge in [-0.2, -0.15) is 0 Å². The fourth-order valence-electron chi connectivity index (χ4n) is 3.57. The van der Waals surface area contributed by atoms with Gasteiger partial charge in [-0.1, -0.05) is 24.8 Å². The van der Waals surface area contributed by atoms with Gasteiger partial charge >= 0.3 is 0 Å². The van der Waals surface area contributed by atoms with E-state index < -0.39 is 0 Å². The van der Waals surface area contributed by atoms with Crippen LogP contribution in [-0.4, -0.2) is 24.8 Å². The van der Waals surface area contributed by atoms with Gasteiger partial charge in [-0.05, 0) is 68.3 Å². The zero-order chi connectivity index (χ0) is 17.6. The van der Waals surface area contributed by atoms with Crippen LogP contribution in [0.1, 0.15) is 37.8 Å². The second-order valence-electron chi connectivity index (χ2n) is 6.73. The second-order valence-corrected chi connectivity index (χ2v) is 6.73. The number of dihydropyridines is 1. The first-order valence-corrected chi connectivity index (χ1v) is 9.08. The Labute approximate surface area is 149 Å². The van der Waals surface area contributed by atoms with Crippen LogP contribution in [0.4, 0.5) is 5.69 Å². The molecule has 0 aliphatic carbocycles. The van der Waals surface area contributed by atoms with Gasteiger partial charge in [0.25, 0.3) is 0 Å². The highest BCUT2D eigenvalue weighted by atomic mass is 15.0. The molecule has 1 aromatic rings. The van der Waals surface area contributed by atoms with Gasteiger partial charge in [0.05, 0.1) is 6.04 Å². The van der Waals surface area contributed by atoms with Gasteiger partial charge in [0.1, 0.15) is 0 Å². The van der Waals surface area contributed by atoms with E-state index in [9.17, 15) is 0 Å². The molecular formula is C21H28N4. The fraction of sp³-hybridized carbons (Fsp3) is 0.381. The van der Waals surface area contributed by atoms with Crippen LogP contribution in [0.2, 0.25) is 0 Å². The Bertz CT molecular complexity index is 798. The molecule has 25 heavy (non-hydrogen) atoms. The first kappa shape index (κ1) is 17.5. The van der Waals surface area contributed by atoms with Crippen LogP contribution < -0.4 is 26.8 Å². The zero-order valence-electron chi connectivity index (χ0n) is 15.0. The summed E-state index contributed by atoms with van der Waals surface area (Å²) in [4.78, 5) is 4.81. The minimum absolute atomic E-state index is 0.169. The predicted molar refractivity (Wildman–Crippen MR) is 108 cm³/mol. The largest absolute Gasteiger partial charge is 0.404 e. The summed E-state index contributed by atoms with van der Waals surface area (Å²) in [6.07, 6.45) is 13.0. The third-order valence-electron chi connectivity index (χ3n) is 4.86. The van der Waals surface area contributed by atoms with Crippen LogP contribution in [-0.2, 0) is 0 Å². The Morgan fingerprint density at radius 2 is 2.12 bits per heavy atom. The summed E-state index contributed by atoms with van der Waals surface area (Å²) >= 11 is 0. The zero-order valence-corrected chi connectivity index (χ0v) is 15.0. The summed E-state index contributed by atoms with van der Waals surface area (Å²) in [5.74, 6) is 0. The number of piperidine rings is 1. The minimum atomic E-state index is 0.169. The van der Waals surface area contributed by atoms with Crippen molar-refractivity contribution in [1.82, 2.24) is 5.32 Å². The van der Waals surface area contributed by atoms with Crippen molar-refractivity contribution in [1.29, 1.82) is 0 Å². The van der Waals surface area contributed by atoms with Crippen molar-refractivity contribution >= 4 is 23.7 Å². The summed E-state index contributed by atoms with van der Waals surface area (Å²) in [5.41, 5.74) is 9.36. The van der Waals surface area contributed by atoms with Crippen molar-refractivity contribution in [3.63, 3.8) is 0 Å². The summed E-state index contributed by atoms with van der Waals surface area (Å²) in [6.45, 7) is 8.02. The average Bonchev–Trinajstić information content (AvgIpc) is 2.63.